The SMILES string of the molecule is O=C1CCCc2c1c1ccccc1n2-c1ccc(OCc2ccccc2)cc1. The van der Waals surface area contributed by atoms with Crippen LogP contribution in [0, 0.1) is 0 Å². The minimum atomic E-state index is 0.263. The molecule has 1 heterocycles. The number of carbonyl (C=O) groups excluding carboxylic acids is 1. The number of hydrogen-bond acceptors (Lipinski definition) is 2. The van der Waals surface area contributed by atoms with E-state index < -0.39 is 0 Å². The van der Waals surface area contributed by atoms with Crippen molar-refractivity contribution in [1.29, 1.82) is 0 Å². The van der Waals surface area contributed by atoms with Crippen molar-refractivity contribution >= 4 is 16.7 Å². The van der Waals surface area contributed by atoms with E-state index >= 15 is 0 Å². The molecule has 1 aliphatic carbocycles. The van der Waals surface area contributed by atoms with E-state index in [1.807, 2.05) is 42.5 Å². The van der Waals surface area contributed by atoms with Gasteiger partial charge in [0.1, 0.15) is 12.4 Å². The maximum Gasteiger partial charge on any atom is 0.165 e. The fourth-order valence-electron chi connectivity index (χ4n) is 4.11. The molecule has 0 saturated heterocycles. The first-order chi connectivity index (χ1) is 13.8. The molecule has 1 aromatic heterocycles. The highest BCUT2D eigenvalue weighted by molar-refractivity contribution is 6.10. The summed E-state index contributed by atoms with van der Waals surface area (Å²) in [6.07, 6.45) is 2.50. The lowest BCUT2D eigenvalue weighted by atomic mass is 9.94. The first-order valence-corrected chi connectivity index (χ1v) is 9.74. The van der Waals surface area contributed by atoms with Crippen LogP contribution >= 0.6 is 0 Å². The number of ether oxygens (including phenoxy) is 1. The van der Waals surface area contributed by atoms with Gasteiger partial charge in [-0.3, -0.25) is 4.79 Å². The molecular weight excluding hydrogens is 346 g/mol. The third kappa shape index (κ3) is 2.89. The Labute approximate surface area is 164 Å². The van der Waals surface area contributed by atoms with Gasteiger partial charge in [-0.1, -0.05) is 48.5 Å². The lowest BCUT2D eigenvalue weighted by molar-refractivity contribution is 0.0973. The number of nitrogens with zero attached hydrogens (tertiary/aromatic N) is 1. The van der Waals surface area contributed by atoms with Crippen LogP contribution in [0.15, 0.2) is 78.9 Å². The second kappa shape index (κ2) is 7.01. The van der Waals surface area contributed by atoms with Crippen LogP contribution in [0.3, 0.4) is 0 Å². The molecule has 0 amide bonds. The summed E-state index contributed by atoms with van der Waals surface area (Å²) < 4.78 is 8.16. The van der Waals surface area contributed by atoms with Crippen LogP contribution in [-0.4, -0.2) is 10.4 Å². The van der Waals surface area contributed by atoms with E-state index in [1.54, 1.807) is 0 Å². The summed E-state index contributed by atoms with van der Waals surface area (Å²) in [4.78, 5) is 12.6. The predicted octanol–water partition coefficient (Wildman–Crippen LogP) is 5.73. The molecule has 0 fully saturated rings. The van der Waals surface area contributed by atoms with Gasteiger partial charge in [0.05, 0.1) is 5.52 Å². The molecule has 0 N–H and O–H groups in total. The van der Waals surface area contributed by atoms with E-state index in [4.69, 9.17) is 4.74 Å². The number of benzene rings is 3. The second-order valence-electron chi connectivity index (χ2n) is 7.22. The molecule has 0 saturated carbocycles. The summed E-state index contributed by atoms with van der Waals surface area (Å²) in [6, 6.07) is 26.5. The molecule has 3 aromatic carbocycles. The molecule has 0 spiro atoms. The Hall–Kier alpha value is -3.33. The number of carbonyl (C=O) groups is 1. The van der Waals surface area contributed by atoms with E-state index in [-0.39, 0.29) is 5.78 Å². The van der Waals surface area contributed by atoms with Crippen molar-refractivity contribution in [3.8, 4) is 11.4 Å². The van der Waals surface area contributed by atoms with Crippen LogP contribution in [-0.2, 0) is 13.0 Å². The van der Waals surface area contributed by atoms with Crippen LogP contribution in [0.4, 0.5) is 0 Å². The summed E-state index contributed by atoms with van der Waals surface area (Å²) in [5, 5.41) is 1.06. The number of aromatic nitrogens is 1. The quantitative estimate of drug-likeness (QED) is 0.461. The number of fused-ring (bicyclic) bond motifs is 3. The van der Waals surface area contributed by atoms with Gasteiger partial charge in [0, 0.05) is 28.8 Å². The lowest BCUT2D eigenvalue weighted by Gasteiger charge is -2.16. The minimum Gasteiger partial charge on any atom is -0.489 e. The molecule has 28 heavy (non-hydrogen) atoms. The van der Waals surface area contributed by atoms with Gasteiger partial charge in [-0.05, 0) is 48.7 Å². The molecule has 4 aromatic rings. The van der Waals surface area contributed by atoms with Crippen molar-refractivity contribution in [2.24, 2.45) is 0 Å². The second-order valence-corrected chi connectivity index (χ2v) is 7.22. The largest absolute Gasteiger partial charge is 0.489 e. The lowest BCUT2D eigenvalue weighted by Crippen LogP contribution is -2.12. The first kappa shape index (κ1) is 16.8. The Morgan fingerprint density at radius 1 is 0.821 bits per heavy atom. The summed E-state index contributed by atoms with van der Waals surface area (Å²) in [7, 11) is 0. The van der Waals surface area contributed by atoms with Crippen LogP contribution in [0.2, 0.25) is 0 Å². The van der Waals surface area contributed by atoms with Crippen molar-refractivity contribution in [2.45, 2.75) is 25.9 Å². The Balaban J connectivity index is 1.50. The van der Waals surface area contributed by atoms with Crippen molar-refractivity contribution in [3.63, 3.8) is 0 Å². The van der Waals surface area contributed by atoms with Gasteiger partial charge in [-0.2, -0.15) is 0 Å². The maximum atomic E-state index is 12.6. The van der Waals surface area contributed by atoms with Crippen molar-refractivity contribution < 1.29 is 9.53 Å². The van der Waals surface area contributed by atoms with Gasteiger partial charge >= 0.3 is 0 Å². The monoisotopic (exact) mass is 367 g/mol. The Kier molecular flexibility index (Phi) is 4.21. The zero-order valence-corrected chi connectivity index (χ0v) is 15.6. The molecule has 0 radical (unpaired) electrons. The minimum absolute atomic E-state index is 0.263. The van der Waals surface area contributed by atoms with E-state index in [9.17, 15) is 4.79 Å². The highest BCUT2D eigenvalue weighted by atomic mass is 16.5. The fourth-order valence-corrected chi connectivity index (χ4v) is 4.11. The van der Waals surface area contributed by atoms with E-state index in [2.05, 4.69) is 41.0 Å². The zero-order chi connectivity index (χ0) is 18.9. The average molecular weight is 367 g/mol. The summed E-state index contributed by atoms with van der Waals surface area (Å²) in [5.74, 6) is 1.10. The third-order valence-corrected chi connectivity index (χ3v) is 5.41. The molecule has 1 aliphatic rings. The topological polar surface area (TPSA) is 31.2 Å². The molecule has 5 rings (SSSR count). The van der Waals surface area contributed by atoms with Crippen LogP contribution < -0.4 is 4.74 Å². The van der Waals surface area contributed by atoms with Gasteiger partial charge < -0.3 is 9.30 Å². The van der Waals surface area contributed by atoms with E-state index in [0.29, 0.717) is 13.0 Å². The molecule has 3 nitrogen and oxygen atoms in total. The highest BCUT2D eigenvalue weighted by Gasteiger charge is 2.26. The molecule has 3 heteroatoms. The number of hydrogen-bond donors (Lipinski definition) is 0. The Morgan fingerprint density at radius 2 is 1.57 bits per heavy atom. The van der Waals surface area contributed by atoms with E-state index in [0.717, 1.165) is 52.0 Å². The van der Waals surface area contributed by atoms with E-state index in [1.165, 1.54) is 0 Å². The van der Waals surface area contributed by atoms with Crippen LogP contribution in [0.25, 0.3) is 16.6 Å². The number of rotatable bonds is 4. The van der Waals surface area contributed by atoms with Crippen LogP contribution in [0.1, 0.15) is 34.5 Å². The van der Waals surface area contributed by atoms with Crippen molar-refractivity contribution in [1.82, 2.24) is 4.57 Å². The standard InChI is InChI=1S/C25H21NO2/c27-24-12-6-11-23-25(24)21-9-4-5-10-22(21)26(23)19-13-15-20(16-14-19)28-17-18-7-2-1-3-8-18/h1-5,7-10,13-16H,6,11-12,17H2. The Morgan fingerprint density at radius 3 is 2.39 bits per heavy atom. The fraction of sp³-hybridized carbons (Fsp3) is 0.160. The molecule has 0 bridgehead atoms. The van der Waals surface area contributed by atoms with Gasteiger partial charge in [0.2, 0.25) is 0 Å². The van der Waals surface area contributed by atoms with Crippen molar-refractivity contribution in [2.75, 3.05) is 0 Å². The van der Waals surface area contributed by atoms with Gasteiger partial charge in [0.15, 0.2) is 5.78 Å². The number of para-hydroxylation sites is 1. The number of ketones is 1. The molecule has 0 unspecified atom stereocenters. The number of Topliss-reactive ketones (excluding diaryl/α,β-unsaturated/α-hetero) is 1. The van der Waals surface area contributed by atoms with Gasteiger partial charge in [-0.25, -0.2) is 0 Å². The molecular formula is C25H21NO2. The van der Waals surface area contributed by atoms with Gasteiger partial charge in [-0.15, -0.1) is 0 Å². The zero-order valence-electron chi connectivity index (χ0n) is 15.6. The maximum absolute atomic E-state index is 12.6. The third-order valence-electron chi connectivity index (χ3n) is 5.41. The highest BCUT2D eigenvalue weighted by Crippen LogP contribution is 2.34. The Bertz CT molecular complexity index is 1140. The summed E-state index contributed by atoms with van der Waals surface area (Å²) in [6.45, 7) is 0.552. The normalized spacial score (nSPS) is 13.5. The predicted molar refractivity (Wildman–Crippen MR) is 111 cm³/mol. The molecule has 138 valence electrons. The first-order valence-electron chi connectivity index (χ1n) is 9.74. The molecule has 0 aliphatic heterocycles. The molecule has 0 atom stereocenters. The average Bonchev–Trinajstić information content (AvgIpc) is 3.09. The summed E-state index contributed by atoms with van der Waals surface area (Å²) in [5.41, 5.74) is 5.36. The summed E-state index contributed by atoms with van der Waals surface area (Å²) >= 11 is 0. The van der Waals surface area contributed by atoms with Crippen molar-refractivity contribution in [3.05, 3.63) is 95.7 Å². The van der Waals surface area contributed by atoms with Crippen LogP contribution in [0.5, 0.6) is 5.75 Å². The smallest absolute Gasteiger partial charge is 0.165 e. The van der Waals surface area contributed by atoms with Gasteiger partial charge in [0.25, 0.3) is 0 Å².